The number of anilines is 1. The van der Waals surface area contributed by atoms with Crippen molar-refractivity contribution in [1.82, 2.24) is 19.9 Å². The maximum Gasteiger partial charge on any atom is 0.266 e. The second-order valence-corrected chi connectivity index (χ2v) is 11.3. The van der Waals surface area contributed by atoms with Gasteiger partial charge in [0.2, 0.25) is 0 Å². The molecule has 0 aliphatic carbocycles. The van der Waals surface area contributed by atoms with Crippen LogP contribution in [0.3, 0.4) is 0 Å². The third-order valence-electron chi connectivity index (χ3n) is 6.41. The van der Waals surface area contributed by atoms with E-state index in [0.717, 1.165) is 48.8 Å². The lowest BCUT2D eigenvalue weighted by Gasteiger charge is -2.32. The Bertz CT molecular complexity index is 1340. The maximum atomic E-state index is 14.5. The second-order valence-electron chi connectivity index (χ2n) is 8.90. The first-order valence-electron chi connectivity index (χ1n) is 11.9. The van der Waals surface area contributed by atoms with Crippen molar-refractivity contribution >= 4 is 30.1 Å². The van der Waals surface area contributed by atoms with Gasteiger partial charge in [0.05, 0.1) is 22.7 Å². The third-order valence-corrected chi connectivity index (χ3v) is 8.79. The van der Waals surface area contributed by atoms with Gasteiger partial charge in [0.25, 0.3) is 6.43 Å². The predicted molar refractivity (Wildman–Crippen MR) is 139 cm³/mol. The van der Waals surface area contributed by atoms with Gasteiger partial charge in [0, 0.05) is 37.1 Å². The molecule has 4 aromatic rings. The van der Waals surface area contributed by atoms with Crippen molar-refractivity contribution in [2.24, 2.45) is 0 Å². The first kappa shape index (κ1) is 24.6. The predicted octanol–water partition coefficient (Wildman–Crippen LogP) is 5.65. The molecule has 3 heterocycles. The molecule has 0 amide bonds. The van der Waals surface area contributed by atoms with Crippen molar-refractivity contribution in [3.8, 4) is 0 Å². The lowest BCUT2D eigenvalue weighted by Crippen LogP contribution is -2.35. The Morgan fingerprint density at radius 1 is 1.03 bits per heavy atom. The van der Waals surface area contributed by atoms with E-state index in [1.54, 1.807) is 13.1 Å². The van der Waals surface area contributed by atoms with Gasteiger partial charge in [-0.05, 0) is 30.9 Å². The number of aromatic nitrogens is 3. The fourth-order valence-electron chi connectivity index (χ4n) is 4.51. The number of alkyl halides is 2. The Hall–Kier alpha value is -3.09. The SMILES string of the molecule is Cc1nc(NCc2cccc(C(F)F)c2F)c2cc(P3CCN(Cc4ccccc4)CC3)ncc2n1. The van der Waals surface area contributed by atoms with Crippen LogP contribution in [0.4, 0.5) is 19.0 Å². The number of nitrogens with one attached hydrogen (secondary N) is 1. The van der Waals surface area contributed by atoms with Crippen LogP contribution >= 0.6 is 7.92 Å². The number of rotatable bonds is 7. The molecular formula is C27H27F3N5P. The fourth-order valence-corrected chi connectivity index (χ4v) is 6.77. The van der Waals surface area contributed by atoms with Crippen LogP contribution in [0, 0.1) is 12.7 Å². The van der Waals surface area contributed by atoms with Gasteiger partial charge in [-0.1, -0.05) is 56.5 Å². The molecular weight excluding hydrogens is 482 g/mol. The highest BCUT2D eigenvalue weighted by Crippen LogP contribution is 2.37. The molecule has 1 fully saturated rings. The number of halogens is 3. The van der Waals surface area contributed by atoms with Crippen LogP contribution in [0.2, 0.25) is 0 Å². The summed E-state index contributed by atoms with van der Waals surface area (Å²) in [6.07, 6.45) is 1.06. The Kier molecular flexibility index (Phi) is 7.44. The van der Waals surface area contributed by atoms with Crippen molar-refractivity contribution in [1.29, 1.82) is 0 Å². The van der Waals surface area contributed by atoms with E-state index in [-0.39, 0.29) is 12.1 Å². The number of fused-ring (bicyclic) bond motifs is 1. The molecule has 1 aliphatic heterocycles. The van der Waals surface area contributed by atoms with E-state index < -0.39 is 25.7 Å². The number of benzene rings is 2. The Morgan fingerprint density at radius 3 is 2.56 bits per heavy atom. The topological polar surface area (TPSA) is 53.9 Å². The molecule has 0 unspecified atom stereocenters. The molecule has 0 spiro atoms. The van der Waals surface area contributed by atoms with Crippen LogP contribution in [0.25, 0.3) is 10.9 Å². The molecule has 0 bridgehead atoms. The maximum absolute atomic E-state index is 14.5. The quantitative estimate of drug-likeness (QED) is 0.327. The summed E-state index contributed by atoms with van der Waals surface area (Å²) in [6.45, 7) is 4.83. The van der Waals surface area contributed by atoms with Crippen molar-refractivity contribution in [2.75, 3.05) is 30.7 Å². The zero-order valence-electron chi connectivity index (χ0n) is 20.0. The summed E-state index contributed by atoms with van der Waals surface area (Å²) in [5.74, 6) is 0.227. The molecule has 2 aromatic carbocycles. The molecule has 1 aliphatic rings. The zero-order valence-corrected chi connectivity index (χ0v) is 20.9. The molecule has 9 heteroatoms. The third kappa shape index (κ3) is 5.50. The summed E-state index contributed by atoms with van der Waals surface area (Å²) < 4.78 is 40.7. The Labute approximate surface area is 209 Å². The van der Waals surface area contributed by atoms with Crippen molar-refractivity contribution in [3.05, 3.63) is 89.1 Å². The van der Waals surface area contributed by atoms with Gasteiger partial charge in [0.1, 0.15) is 17.5 Å². The van der Waals surface area contributed by atoms with E-state index in [1.807, 2.05) is 12.1 Å². The van der Waals surface area contributed by atoms with Crippen molar-refractivity contribution < 1.29 is 13.2 Å². The molecule has 5 nitrogen and oxygen atoms in total. The molecule has 0 radical (unpaired) electrons. The van der Waals surface area contributed by atoms with Gasteiger partial charge in [-0.3, -0.25) is 9.88 Å². The molecule has 1 N–H and O–H groups in total. The van der Waals surface area contributed by atoms with Crippen LogP contribution in [-0.2, 0) is 13.1 Å². The van der Waals surface area contributed by atoms with Gasteiger partial charge in [-0.2, -0.15) is 0 Å². The summed E-state index contributed by atoms with van der Waals surface area (Å²) in [5, 5.41) is 3.96. The highest BCUT2D eigenvalue weighted by molar-refractivity contribution is 7.65. The lowest BCUT2D eigenvalue weighted by molar-refractivity contribution is 0.146. The zero-order chi connectivity index (χ0) is 25.1. The Morgan fingerprint density at radius 2 is 1.81 bits per heavy atom. The number of nitrogens with zero attached hydrogens (tertiary/aromatic N) is 4. The largest absolute Gasteiger partial charge is 0.365 e. The van der Waals surface area contributed by atoms with E-state index in [2.05, 4.69) is 44.5 Å². The summed E-state index contributed by atoms with van der Waals surface area (Å²) in [4.78, 5) is 16.2. The first-order chi connectivity index (χ1) is 17.5. The van der Waals surface area contributed by atoms with E-state index in [1.165, 1.54) is 17.7 Å². The molecule has 5 rings (SSSR count). The van der Waals surface area contributed by atoms with Crippen LogP contribution in [0.15, 0.2) is 60.8 Å². The lowest BCUT2D eigenvalue weighted by atomic mass is 10.1. The summed E-state index contributed by atoms with van der Waals surface area (Å²) in [6, 6.07) is 16.6. The fraction of sp³-hybridized carbons (Fsp3) is 0.296. The van der Waals surface area contributed by atoms with Crippen LogP contribution < -0.4 is 10.8 Å². The van der Waals surface area contributed by atoms with Crippen LogP contribution in [0.1, 0.15) is 28.9 Å². The van der Waals surface area contributed by atoms with E-state index in [9.17, 15) is 13.2 Å². The Balaban J connectivity index is 1.32. The van der Waals surface area contributed by atoms with Crippen molar-refractivity contribution in [2.45, 2.75) is 26.4 Å². The molecule has 1 saturated heterocycles. The number of hydrogen-bond acceptors (Lipinski definition) is 5. The van der Waals surface area contributed by atoms with Gasteiger partial charge < -0.3 is 5.32 Å². The van der Waals surface area contributed by atoms with E-state index >= 15 is 0 Å². The average Bonchev–Trinajstić information content (AvgIpc) is 2.88. The molecule has 186 valence electrons. The van der Waals surface area contributed by atoms with Gasteiger partial charge in [0.15, 0.2) is 0 Å². The summed E-state index contributed by atoms with van der Waals surface area (Å²) in [5.41, 5.74) is 2.66. The van der Waals surface area contributed by atoms with Gasteiger partial charge in [-0.25, -0.2) is 23.1 Å². The first-order valence-corrected chi connectivity index (χ1v) is 13.6. The highest BCUT2D eigenvalue weighted by Gasteiger charge is 2.22. The van der Waals surface area contributed by atoms with E-state index in [0.29, 0.717) is 17.2 Å². The minimum absolute atomic E-state index is 0.0405. The van der Waals surface area contributed by atoms with Crippen LogP contribution in [0.5, 0.6) is 0 Å². The van der Waals surface area contributed by atoms with Gasteiger partial charge in [-0.15, -0.1) is 0 Å². The summed E-state index contributed by atoms with van der Waals surface area (Å²) >= 11 is 0. The molecule has 36 heavy (non-hydrogen) atoms. The number of aryl methyl sites for hydroxylation is 1. The minimum Gasteiger partial charge on any atom is -0.365 e. The van der Waals surface area contributed by atoms with Gasteiger partial charge >= 0.3 is 0 Å². The number of pyridine rings is 1. The standard InChI is InChI=1S/C27H27F3N5P/c1-18-33-23-16-31-24(36-12-10-35(11-13-36)17-19-6-3-2-4-7-19)14-22(23)27(34-18)32-15-20-8-5-9-21(25(20)28)26(29)30/h2-9,14,16,26H,10-13,15,17H2,1H3,(H,32,33,34). The highest BCUT2D eigenvalue weighted by atomic mass is 31.1. The molecule has 2 aromatic heterocycles. The summed E-state index contributed by atoms with van der Waals surface area (Å²) in [7, 11) is -0.411. The monoisotopic (exact) mass is 509 g/mol. The number of hydrogen-bond donors (Lipinski definition) is 1. The minimum atomic E-state index is -2.86. The van der Waals surface area contributed by atoms with E-state index in [4.69, 9.17) is 4.98 Å². The molecule has 0 saturated carbocycles. The normalized spacial score (nSPS) is 15.0. The van der Waals surface area contributed by atoms with Crippen LogP contribution in [-0.4, -0.2) is 45.3 Å². The molecule has 0 atom stereocenters. The smallest absolute Gasteiger partial charge is 0.266 e. The average molecular weight is 510 g/mol. The second kappa shape index (κ2) is 10.9. The van der Waals surface area contributed by atoms with Crippen molar-refractivity contribution in [3.63, 3.8) is 0 Å².